The second-order valence-electron chi connectivity index (χ2n) is 2.69. The number of hydrogen-bond acceptors (Lipinski definition) is 3. The van der Waals surface area contributed by atoms with Crippen molar-refractivity contribution < 1.29 is 0 Å². The Morgan fingerprint density at radius 1 is 1.80 bits per heavy atom. The molecule has 1 rings (SSSR count). The maximum absolute atomic E-state index is 4.19. The van der Waals surface area contributed by atoms with Crippen LogP contribution >= 0.6 is 0 Å². The first kappa shape index (κ1) is 7.54. The molecule has 3 heteroatoms. The molecule has 0 radical (unpaired) electrons. The van der Waals surface area contributed by atoms with E-state index >= 15 is 0 Å². The van der Waals surface area contributed by atoms with Gasteiger partial charge in [-0.15, -0.1) is 0 Å². The Bertz CT molecular complexity index is 122. The van der Waals surface area contributed by atoms with Gasteiger partial charge in [0.15, 0.2) is 0 Å². The van der Waals surface area contributed by atoms with Gasteiger partial charge < -0.3 is 5.32 Å². The molecule has 1 N–H and O–H groups in total. The fraction of sp³-hybridized carbons (Fsp3) is 0.857. The quantitative estimate of drug-likeness (QED) is 0.611. The Balaban J connectivity index is 2.18. The zero-order valence-corrected chi connectivity index (χ0v) is 6.67. The monoisotopic (exact) mass is 141 g/mol. The fourth-order valence-electron chi connectivity index (χ4n) is 0.984. The molecule has 1 aliphatic rings. The molecule has 0 fully saturated rings. The van der Waals surface area contributed by atoms with Crippen LogP contribution in [0.25, 0.3) is 0 Å². The molecule has 0 aromatic rings. The maximum atomic E-state index is 4.19. The molecule has 10 heavy (non-hydrogen) atoms. The number of nitrogens with one attached hydrogen (secondary N) is 1. The normalized spacial score (nSPS) is 20.0. The predicted octanol–water partition coefficient (Wildman–Crippen LogP) is 0.286. The van der Waals surface area contributed by atoms with Crippen LogP contribution < -0.4 is 5.32 Å². The number of likely N-dealkylation sites (N-methyl/N-ethyl adjacent to an activating group) is 1. The molecule has 0 aliphatic carbocycles. The highest BCUT2D eigenvalue weighted by Crippen LogP contribution is 1.99. The second kappa shape index (κ2) is 3.56. The topological polar surface area (TPSA) is 27.6 Å². The lowest BCUT2D eigenvalue weighted by Crippen LogP contribution is -2.33. The second-order valence-corrected chi connectivity index (χ2v) is 2.69. The van der Waals surface area contributed by atoms with E-state index in [1.807, 2.05) is 13.3 Å². The van der Waals surface area contributed by atoms with Crippen molar-refractivity contribution in [2.24, 2.45) is 5.10 Å². The van der Waals surface area contributed by atoms with Crippen LogP contribution in [0.3, 0.4) is 0 Å². The summed E-state index contributed by atoms with van der Waals surface area (Å²) in [7, 11) is 1.98. The third-order valence-electron chi connectivity index (χ3n) is 1.74. The van der Waals surface area contributed by atoms with Gasteiger partial charge in [0.25, 0.3) is 0 Å². The maximum Gasteiger partial charge on any atom is 0.0511 e. The average Bonchev–Trinajstić information content (AvgIpc) is 2.40. The molecule has 0 saturated heterocycles. The van der Waals surface area contributed by atoms with E-state index in [9.17, 15) is 0 Å². The Labute approximate surface area is 62.1 Å². The van der Waals surface area contributed by atoms with Crippen molar-refractivity contribution in [1.82, 2.24) is 10.3 Å². The molecule has 1 atom stereocenters. The van der Waals surface area contributed by atoms with Gasteiger partial charge in [-0.2, -0.15) is 5.10 Å². The summed E-state index contributed by atoms with van der Waals surface area (Å²) in [6, 6.07) is 0.537. The minimum atomic E-state index is 0.537. The van der Waals surface area contributed by atoms with Gasteiger partial charge in [-0.1, -0.05) is 0 Å². The standard InChI is InChI=1S/C7H15N3/c1-7(8-2)6-10-5-3-4-9-10/h4,7-8H,3,5-6H2,1-2H3. The summed E-state index contributed by atoms with van der Waals surface area (Å²) in [6.07, 6.45) is 3.08. The fourth-order valence-corrected chi connectivity index (χ4v) is 0.984. The highest BCUT2D eigenvalue weighted by Gasteiger charge is 2.07. The van der Waals surface area contributed by atoms with Crippen molar-refractivity contribution >= 4 is 6.21 Å². The van der Waals surface area contributed by atoms with E-state index in [1.54, 1.807) is 0 Å². The number of rotatable bonds is 3. The van der Waals surface area contributed by atoms with E-state index in [0.717, 1.165) is 19.5 Å². The van der Waals surface area contributed by atoms with Crippen molar-refractivity contribution in [3.05, 3.63) is 0 Å². The van der Waals surface area contributed by atoms with Crippen LogP contribution in [0.15, 0.2) is 5.10 Å². The third kappa shape index (κ3) is 1.99. The first-order valence-electron chi connectivity index (χ1n) is 3.77. The minimum Gasteiger partial charge on any atom is -0.315 e. The van der Waals surface area contributed by atoms with Crippen LogP contribution in [-0.4, -0.2) is 37.4 Å². The van der Waals surface area contributed by atoms with Crippen molar-refractivity contribution in [1.29, 1.82) is 0 Å². The Kier molecular flexibility index (Phi) is 2.68. The average molecular weight is 141 g/mol. The summed E-state index contributed by atoms with van der Waals surface area (Å²) in [6.45, 7) is 4.27. The SMILES string of the molecule is CNC(C)CN1CCC=N1. The van der Waals surface area contributed by atoms with Crippen molar-refractivity contribution in [3.63, 3.8) is 0 Å². The van der Waals surface area contributed by atoms with Gasteiger partial charge in [0.05, 0.1) is 6.54 Å². The van der Waals surface area contributed by atoms with E-state index in [0.29, 0.717) is 6.04 Å². The Morgan fingerprint density at radius 3 is 3.10 bits per heavy atom. The van der Waals surface area contributed by atoms with E-state index in [1.165, 1.54) is 0 Å². The van der Waals surface area contributed by atoms with Gasteiger partial charge in [-0.25, -0.2) is 0 Å². The predicted molar refractivity (Wildman–Crippen MR) is 43.2 cm³/mol. The van der Waals surface area contributed by atoms with Crippen LogP contribution in [0.2, 0.25) is 0 Å². The molecule has 0 saturated carbocycles. The zero-order valence-electron chi connectivity index (χ0n) is 6.67. The lowest BCUT2D eigenvalue weighted by molar-refractivity contribution is 0.288. The number of nitrogens with zero attached hydrogens (tertiary/aromatic N) is 2. The highest BCUT2D eigenvalue weighted by atomic mass is 15.5. The molecule has 0 bridgehead atoms. The van der Waals surface area contributed by atoms with Gasteiger partial charge >= 0.3 is 0 Å². The molecule has 0 amide bonds. The first-order valence-corrected chi connectivity index (χ1v) is 3.77. The summed E-state index contributed by atoms with van der Waals surface area (Å²) >= 11 is 0. The van der Waals surface area contributed by atoms with Gasteiger partial charge in [-0.05, 0) is 14.0 Å². The Hall–Kier alpha value is -0.570. The van der Waals surface area contributed by atoms with Gasteiger partial charge in [0, 0.05) is 25.2 Å². The summed E-state index contributed by atoms with van der Waals surface area (Å²) in [5.74, 6) is 0. The van der Waals surface area contributed by atoms with E-state index in [2.05, 4.69) is 22.4 Å². The molecule has 1 aliphatic heterocycles. The number of hydrazone groups is 1. The molecular weight excluding hydrogens is 126 g/mol. The van der Waals surface area contributed by atoms with Crippen molar-refractivity contribution in [2.45, 2.75) is 19.4 Å². The smallest absolute Gasteiger partial charge is 0.0511 e. The molecule has 0 spiro atoms. The molecule has 1 heterocycles. The van der Waals surface area contributed by atoms with Crippen molar-refractivity contribution in [2.75, 3.05) is 20.1 Å². The summed E-state index contributed by atoms with van der Waals surface area (Å²) < 4.78 is 0. The number of hydrogen-bond donors (Lipinski definition) is 1. The first-order chi connectivity index (χ1) is 4.83. The summed E-state index contributed by atoms with van der Waals surface area (Å²) in [5.41, 5.74) is 0. The van der Waals surface area contributed by atoms with Crippen LogP contribution in [0.4, 0.5) is 0 Å². The van der Waals surface area contributed by atoms with Gasteiger partial charge in [0.1, 0.15) is 0 Å². The summed E-state index contributed by atoms with van der Waals surface area (Å²) in [4.78, 5) is 0. The van der Waals surface area contributed by atoms with E-state index < -0.39 is 0 Å². The van der Waals surface area contributed by atoms with Crippen molar-refractivity contribution in [3.8, 4) is 0 Å². The Morgan fingerprint density at radius 2 is 2.60 bits per heavy atom. The van der Waals surface area contributed by atoms with Crippen LogP contribution in [0.5, 0.6) is 0 Å². The third-order valence-corrected chi connectivity index (χ3v) is 1.74. The van der Waals surface area contributed by atoms with E-state index in [-0.39, 0.29) is 0 Å². The molecular formula is C7H15N3. The van der Waals surface area contributed by atoms with Gasteiger partial charge in [-0.3, -0.25) is 5.01 Å². The largest absolute Gasteiger partial charge is 0.315 e. The van der Waals surface area contributed by atoms with Crippen LogP contribution in [0, 0.1) is 0 Å². The lowest BCUT2D eigenvalue weighted by Gasteiger charge is -2.18. The molecule has 58 valence electrons. The minimum absolute atomic E-state index is 0.537. The molecule has 0 aromatic heterocycles. The highest BCUT2D eigenvalue weighted by molar-refractivity contribution is 5.58. The molecule has 3 nitrogen and oxygen atoms in total. The van der Waals surface area contributed by atoms with Gasteiger partial charge in [0.2, 0.25) is 0 Å². The van der Waals surface area contributed by atoms with E-state index in [4.69, 9.17) is 0 Å². The molecule has 0 aromatic carbocycles. The van der Waals surface area contributed by atoms with Crippen LogP contribution in [0.1, 0.15) is 13.3 Å². The zero-order chi connectivity index (χ0) is 7.40. The summed E-state index contributed by atoms with van der Waals surface area (Å²) in [5, 5.41) is 9.47. The van der Waals surface area contributed by atoms with Crippen LogP contribution in [-0.2, 0) is 0 Å². The molecule has 1 unspecified atom stereocenters. The lowest BCUT2D eigenvalue weighted by atomic mass is 10.3.